The third-order valence-corrected chi connectivity index (χ3v) is 9.18. The van der Waals surface area contributed by atoms with Crippen LogP contribution in [-0.4, -0.2) is 39.0 Å². The highest BCUT2D eigenvalue weighted by molar-refractivity contribution is 7.93. The first kappa shape index (κ1) is 33.2. The third-order valence-electron chi connectivity index (χ3n) is 6.44. The molecule has 2 aromatic heterocycles. The Bertz CT molecular complexity index is 1680. The van der Waals surface area contributed by atoms with Crippen LogP contribution in [0.4, 0.5) is 23.0 Å². The van der Waals surface area contributed by atoms with E-state index >= 15 is 0 Å². The Morgan fingerprint density at radius 1 is 0.600 bits per heavy atom. The molecule has 4 aromatic rings. The third kappa shape index (κ3) is 10.2. The monoisotopic (exact) mass is 658 g/mol. The van der Waals surface area contributed by atoms with Crippen LogP contribution in [0, 0.1) is 13.8 Å². The number of aromatic nitrogens is 2. The normalized spacial score (nSPS) is 11.6. The summed E-state index contributed by atoms with van der Waals surface area (Å²) in [5, 5.41) is 12.8. The van der Waals surface area contributed by atoms with Gasteiger partial charge in [0, 0.05) is 36.3 Å². The molecule has 14 nitrogen and oxygen atoms in total. The number of aryl methyl sites for hydroxylation is 2. The van der Waals surface area contributed by atoms with Gasteiger partial charge in [0.2, 0.25) is 11.8 Å². The molecule has 0 spiro atoms. The molecule has 0 radical (unpaired) electrons. The molecule has 16 heteroatoms. The van der Waals surface area contributed by atoms with Gasteiger partial charge in [0.25, 0.3) is 20.0 Å². The SMILES string of the molecule is Cc1cc(NS(=O)(=O)c2ccc(NC(=O)CCCCCCCC(=O)Nc3ccc(S(=O)(=O)Nc4cc(C)on4)cc3)cc2)no1. The number of benzene rings is 2. The Kier molecular flexibility index (Phi) is 11.0. The number of nitrogens with zero attached hydrogens (tertiary/aromatic N) is 2. The number of hydrogen-bond donors (Lipinski definition) is 4. The van der Waals surface area contributed by atoms with E-state index < -0.39 is 20.0 Å². The molecule has 240 valence electrons. The summed E-state index contributed by atoms with van der Waals surface area (Å²) in [6.07, 6.45) is 4.46. The fraction of sp³-hybridized carbons (Fsp3) is 0.310. The largest absolute Gasteiger partial charge is 0.360 e. The smallest absolute Gasteiger partial charge is 0.263 e. The highest BCUT2D eigenvalue weighted by Gasteiger charge is 2.18. The summed E-state index contributed by atoms with van der Waals surface area (Å²) in [6, 6.07) is 14.5. The quantitative estimate of drug-likeness (QED) is 0.116. The molecule has 0 saturated carbocycles. The number of sulfonamides is 2. The van der Waals surface area contributed by atoms with Gasteiger partial charge in [-0.1, -0.05) is 29.6 Å². The van der Waals surface area contributed by atoms with Crippen molar-refractivity contribution in [1.82, 2.24) is 10.3 Å². The Hall–Kier alpha value is -4.70. The Morgan fingerprint density at radius 3 is 1.29 bits per heavy atom. The van der Waals surface area contributed by atoms with E-state index in [2.05, 4.69) is 30.4 Å². The summed E-state index contributed by atoms with van der Waals surface area (Å²) >= 11 is 0. The van der Waals surface area contributed by atoms with Crippen LogP contribution >= 0.6 is 0 Å². The first-order valence-electron chi connectivity index (χ1n) is 14.1. The minimum Gasteiger partial charge on any atom is -0.360 e. The fourth-order valence-electron chi connectivity index (χ4n) is 4.21. The van der Waals surface area contributed by atoms with Crippen molar-refractivity contribution < 1.29 is 35.5 Å². The van der Waals surface area contributed by atoms with E-state index in [0.717, 1.165) is 19.3 Å². The number of rotatable bonds is 16. The van der Waals surface area contributed by atoms with Crippen LogP contribution in [0.3, 0.4) is 0 Å². The summed E-state index contributed by atoms with van der Waals surface area (Å²) < 4.78 is 64.3. The molecular weight excluding hydrogens is 624 g/mol. The average molecular weight is 659 g/mol. The first-order valence-corrected chi connectivity index (χ1v) is 17.1. The van der Waals surface area contributed by atoms with Gasteiger partial charge in [0.1, 0.15) is 11.5 Å². The maximum Gasteiger partial charge on any atom is 0.263 e. The molecular formula is C29H34N6O8S2. The van der Waals surface area contributed by atoms with Crippen LogP contribution in [0.15, 0.2) is 79.5 Å². The van der Waals surface area contributed by atoms with Crippen LogP contribution in [-0.2, 0) is 29.6 Å². The molecule has 4 rings (SSSR count). The maximum absolute atomic E-state index is 12.5. The number of hydrogen-bond acceptors (Lipinski definition) is 10. The molecule has 2 heterocycles. The number of nitrogens with one attached hydrogen (secondary N) is 4. The molecule has 0 unspecified atom stereocenters. The minimum atomic E-state index is -3.84. The molecule has 0 atom stereocenters. The van der Waals surface area contributed by atoms with Gasteiger partial charge in [-0.15, -0.1) is 0 Å². The topological polar surface area (TPSA) is 203 Å². The Labute approximate surface area is 261 Å². The van der Waals surface area contributed by atoms with E-state index in [0.29, 0.717) is 48.6 Å². The predicted molar refractivity (Wildman–Crippen MR) is 167 cm³/mol. The van der Waals surface area contributed by atoms with Crippen LogP contribution in [0.2, 0.25) is 0 Å². The zero-order valence-corrected chi connectivity index (χ0v) is 26.3. The van der Waals surface area contributed by atoms with E-state index in [-0.39, 0.29) is 33.2 Å². The van der Waals surface area contributed by atoms with Crippen molar-refractivity contribution in [2.24, 2.45) is 0 Å². The summed E-state index contributed by atoms with van der Waals surface area (Å²) in [5.74, 6) is 0.759. The van der Waals surface area contributed by atoms with Crippen molar-refractivity contribution in [3.8, 4) is 0 Å². The molecule has 0 saturated heterocycles. The standard InChI is InChI=1S/C29H34N6O8S2/c1-20-18-26(32-42-20)34-44(38,39)24-14-10-22(11-15-24)30-28(36)8-6-4-3-5-7-9-29(37)31-23-12-16-25(17-13-23)45(40,41)35-27-19-21(2)43-33-27/h10-19H,3-9H2,1-2H3,(H,30,36)(H,31,37)(H,32,34)(H,33,35). The zero-order valence-electron chi connectivity index (χ0n) is 24.7. The number of carbonyl (C=O) groups is 2. The Balaban J connectivity index is 1.08. The van der Waals surface area contributed by atoms with E-state index in [1.807, 2.05) is 0 Å². The lowest BCUT2D eigenvalue weighted by Crippen LogP contribution is -2.14. The van der Waals surface area contributed by atoms with Gasteiger partial charge in [-0.2, -0.15) is 0 Å². The number of amides is 2. The van der Waals surface area contributed by atoms with Gasteiger partial charge in [-0.25, -0.2) is 16.8 Å². The number of unbranched alkanes of at least 4 members (excludes halogenated alkanes) is 4. The highest BCUT2D eigenvalue weighted by atomic mass is 32.2. The average Bonchev–Trinajstić information content (AvgIpc) is 3.58. The number of anilines is 4. The molecule has 0 aliphatic rings. The summed E-state index contributed by atoms with van der Waals surface area (Å²) in [6.45, 7) is 3.30. The molecule has 0 fully saturated rings. The van der Waals surface area contributed by atoms with Gasteiger partial charge in [-0.3, -0.25) is 19.0 Å². The highest BCUT2D eigenvalue weighted by Crippen LogP contribution is 2.20. The molecule has 0 aliphatic heterocycles. The van der Waals surface area contributed by atoms with Gasteiger partial charge < -0.3 is 19.7 Å². The van der Waals surface area contributed by atoms with Crippen molar-refractivity contribution in [2.75, 3.05) is 20.1 Å². The van der Waals surface area contributed by atoms with Crippen LogP contribution < -0.4 is 20.1 Å². The molecule has 2 amide bonds. The lowest BCUT2D eigenvalue weighted by molar-refractivity contribution is -0.117. The van der Waals surface area contributed by atoms with E-state index in [1.54, 1.807) is 13.8 Å². The van der Waals surface area contributed by atoms with Gasteiger partial charge >= 0.3 is 0 Å². The van der Waals surface area contributed by atoms with E-state index in [4.69, 9.17) is 9.05 Å². The van der Waals surface area contributed by atoms with Crippen molar-refractivity contribution in [2.45, 2.75) is 68.6 Å². The molecule has 45 heavy (non-hydrogen) atoms. The van der Waals surface area contributed by atoms with Crippen LogP contribution in [0.5, 0.6) is 0 Å². The summed E-state index contributed by atoms with van der Waals surface area (Å²) in [4.78, 5) is 24.6. The van der Waals surface area contributed by atoms with Crippen molar-refractivity contribution >= 4 is 54.9 Å². The zero-order chi connectivity index (χ0) is 32.5. The van der Waals surface area contributed by atoms with Gasteiger partial charge in [0.15, 0.2) is 11.6 Å². The fourth-order valence-corrected chi connectivity index (χ4v) is 6.17. The van der Waals surface area contributed by atoms with Crippen LogP contribution in [0.1, 0.15) is 56.5 Å². The maximum atomic E-state index is 12.5. The summed E-state index contributed by atoms with van der Waals surface area (Å²) in [7, 11) is -7.69. The molecule has 2 aromatic carbocycles. The van der Waals surface area contributed by atoms with E-state index in [9.17, 15) is 26.4 Å². The lowest BCUT2D eigenvalue weighted by atomic mass is 10.1. The number of carbonyl (C=O) groups excluding carboxylic acids is 2. The predicted octanol–water partition coefficient (Wildman–Crippen LogP) is 5.19. The van der Waals surface area contributed by atoms with Gasteiger partial charge in [-0.05, 0) is 75.2 Å². The van der Waals surface area contributed by atoms with Gasteiger partial charge in [0.05, 0.1) is 9.79 Å². The van der Waals surface area contributed by atoms with Crippen molar-refractivity contribution in [1.29, 1.82) is 0 Å². The summed E-state index contributed by atoms with van der Waals surface area (Å²) in [5.41, 5.74) is 0.966. The molecule has 0 bridgehead atoms. The van der Waals surface area contributed by atoms with E-state index in [1.165, 1.54) is 60.7 Å². The second-order valence-electron chi connectivity index (χ2n) is 10.3. The molecule has 0 aliphatic carbocycles. The second-order valence-corrected chi connectivity index (χ2v) is 13.6. The minimum absolute atomic E-state index is 0.0195. The second kappa shape index (κ2) is 14.9. The first-order chi connectivity index (χ1) is 21.4. The Morgan fingerprint density at radius 2 is 0.956 bits per heavy atom. The lowest BCUT2D eigenvalue weighted by Gasteiger charge is -2.08. The molecule has 4 N–H and O–H groups in total. The van der Waals surface area contributed by atoms with Crippen molar-refractivity contribution in [3.05, 3.63) is 72.2 Å². The van der Waals surface area contributed by atoms with Crippen molar-refractivity contribution in [3.63, 3.8) is 0 Å². The van der Waals surface area contributed by atoms with Crippen LogP contribution in [0.25, 0.3) is 0 Å².